The summed E-state index contributed by atoms with van der Waals surface area (Å²) in [7, 11) is -1.96. The summed E-state index contributed by atoms with van der Waals surface area (Å²) in [6, 6.07) is 5.06. The van der Waals surface area contributed by atoms with Crippen molar-refractivity contribution in [2.24, 2.45) is 0 Å². The standard InChI is InChI=1S/C15H24N2O4S/c1-11(2)17(4)22(18,19)16-12(3)13-6-7-14-15(10-13)21-9-5-8-20-14/h6-7,10-12,16H,5,8-9H2,1-4H3/t12-/m0/s1. The van der Waals surface area contributed by atoms with Crippen LogP contribution in [-0.4, -0.2) is 39.0 Å². The molecule has 0 fully saturated rings. The van der Waals surface area contributed by atoms with Gasteiger partial charge in [0.05, 0.1) is 13.2 Å². The van der Waals surface area contributed by atoms with Gasteiger partial charge < -0.3 is 9.47 Å². The minimum absolute atomic E-state index is 0.103. The molecule has 0 aliphatic carbocycles. The van der Waals surface area contributed by atoms with Crippen molar-refractivity contribution in [3.8, 4) is 11.5 Å². The summed E-state index contributed by atoms with van der Waals surface area (Å²) in [6.45, 7) is 6.71. The second-order valence-corrected chi connectivity index (χ2v) is 7.47. The van der Waals surface area contributed by atoms with Crippen molar-refractivity contribution in [1.82, 2.24) is 9.03 Å². The number of fused-ring (bicyclic) bond motifs is 1. The average Bonchev–Trinajstić information content (AvgIpc) is 2.70. The summed E-state index contributed by atoms with van der Waals surface area (Å²) < 4.78 is 39.7. The van der Waals surface area contributed by atoms with Crippen LogP contribution in [0.3, 0.4) is 0 Å². The highest BCUT2D eigenvalue weighted by Crippen LogP contribution is 2.32. The molecule has 6 nitrogen and oxygen atoms in total. The van der Waals surface area contributed by atoms with Crippen molar-refractivity contribution >= 4 is 10.2 Å². The quantitative estimate of drug-likeness (QED) is 0.898. The number of nitrogens with zero attached hydrogens (tertiary/aromatic N) is 1. The molecule has 7 heteroatoms. The van der Waals surface area contributed by atoms with Crippen molar-refractivity contribution in [2.75, 3.05) is 20.3 Å². The van der Waals surface area contributed by atoms with Gasteiger partial charge in [-0.05, 0) is 38.5 Å². The van der Waals surface area contributed by atoms with Gasteiger partial charge in [-0.1, -0.05) is 6.07 Å². The molecule has 1 heterocycles. The van der Waals surface area contributed by atoms with Crippen LogP contribution in [0.5, 0.6) is 11.5 Å². The van der Waals surface area contributed by atoms with Gasteiger partial charge in [0, 0.05) is 25.6 Å². The van der Waals surface area contributed by atoms with E-state index in [1.807, 2.05) is 39.0 Å². The number of ether oxygens (including phenoxy) is 2. The van der Waals surface area contributed by atoms with Crippen molar-refractivity contribution in [3.05, 3.63) is 23.8 Å². The van der Waals surface area contributed by atoms with Crippen molar-refractivity contribution in [3.63, 3.8) is 0 Å². The molecule has 0 spiro atoms. The number of hydrogen-bond donors (Lipinski definition) is 1. The molecule has 1 aromatic rings. The van der Waals surface area contributed by atoms with E-state index in [0.29, 0.717) is 24.7 Å². The number of benzene rings is 1. The molecule has 0 saturated heterocycles. The van der Waals surface area contributed by atoms with E-state index in [1.54, 1.807) is 7.05 Å². The third-order valence-electron chi connectivity index (χ3n) is 3.70. The fourth-order valence-corrected chi connectivity index (χ4v) is 3.41. The largest absolute Gasteiger partial charge is 0.490 e. The first kappa shape index (κ1) is 17.1. The Hall–Kier alpha value is -1.31. The Morgan fingerprint density at radius 1 is 1.14 bits per heavy atom. The molecule has 0 bridgehead atoms. The Balaban J connectivity index is 2.16. The maximum atomic E-state index is 12.3. The molecule has 0 aromatic heterocycles. The highest BCUT2D eigenvalue weighted by molar-refractivity contribution is 7.87. The van der Waals surface area contributed by atoms with Gasteiger partial charge in [0.15, 0.2) is 11.5 Å². The van der Waals surface area contributed by atoms with Gasteiger partial charge in [-0.3, -0.25) is 0 Å². The number of nitrogens with one attached hydrogen (secondary N) is 1. The molecular formula is C15H24N2O4S. The highest BCUT2D eigenvalue weighted by Gasteiger charge is 2.23. The summed E-state index contributed by atoms with van der Waals surface area (Å²) in [5, 5.41) is 0. The van der Waals surface area contributed by atoms with Crippen LogP contribution < -0.4 is 14.2 Å². The highest BCUT2D eigenvalue weighted by atomic mass is 32.2. The lowest BCUT2D eigenvalue weighted by atomic mass is 10.1. The zero-order valence-corrected chi connectivity index (χ0v) is 14.3. The first-order valence-electron chi connectivity index (χ1n) is 7.46. The van der Waals surface area contributed by atoms with Gasteiger partial charge in [0.25, 0.3) is 10.2 Å². The zero-order chi connectivity index (χ0) is 16.3. The minimum Gasteiger partial charge on any atom is -0.490 e. The van der Waals surface area contributed by atoms with E-state index in [9.17, 15) is 8.42 Å². The molecule has 1 aromatic carbocycles. The Morgan fingerprint density at radius 2 is 1.77 bits per heavy atom. The van der Waals surface area contributed by atoms with Gasteiger partial charge in [-0.25, -0.2) is 0 Å². The van der Waals surface area contributed by atoms with Gasteiger partial charge in [0.1, 0.15) is 0 Å². The molecular weight excluding hydrogens is 304 g/mol. The monoisotopic (exact) mass is 328 g/mol. The summed E-state index contributed by atoms with van der Waals surface area (Å²) in [6.07, 6.45) is 0.839. The van der Waals surface area contributed by atoms with Gasteiger partial charge >= 0.3 is 0 Å². The zero-order valence-electron chi connectivity index (χ0n) is 13.5. The van der Waals surface area contributed by atoms with Gasteiger partial charge in [0.2, 0.25) is 0 Å². The first-order valence-corrected chi connectivity index (χ1v) is 8.90. The molecule has 22 heavy (non-hydrogen) atoms. The fraction of sp³-hybridized carbons (Fsp3) is 0.600. The topological polar surface area (TPSA) is 67.9 Å². The van der Waals surface area contributed by atoms with Gasteiger partial charge in [-0.15, -0.1) is 0 Å². The van der Waals surface area contributed by atoms with E-state index < -0.39 is 10.2 Å². The van der Waals surface area contributed by atoms with Gasteiger partial charge in [-0.2, -0.15) is 17.4 Å². The van der Waals surface area contributed by atoms with Crippen LogP contribution in [0.15, 0.2) is 18.2 Å². The van der Waals surface area contributed by atoms with Crippen LogP contribution in [0.2, 0.25) is 0 Å². The van der Waals surface area contributed by atoms with E-state index in [2.05, 4.69) is 4.72 Å². The lowest BCUT2D eigenvalue weighted by molar-refractivity contribution is 0.297. The first-order chi connectivity index (χ1) is 10.3. The number of hydrogen-bond acceptors (Lipinski definition) is 4. The second-order valence-electron chi connectivity index (χ2n) is 5.71. The molecule has 2 rings (SSSR count). The molecule has 1 atom stereocenters. The molecule has 0 saturated carbocycles. The molecule has 1 aliphatic heterocycles. The minimum atomic E-state index is -3.52. The van der Waals surface area contributed by atoms with Crippen LogP contribution >= 0.6 is 0 Å². The normalized spacial score (nSPS) is 16.6. The van der Waals surface area contributed by atoms with Crippen LogP contribution in [-0.2, 0) is 10.2 Å². The third kappa shape index (κ3) is 3.91. The summed E-state index contributed by atoms with van der Waals surface area (Å²) >= 11 is 0. The lowest BCUT2D eigenvalue weighted by Gasteiger charge is -2.24. The Kier molecular flexibility index (Phi) is 5.31. The van der Waals surface area contributed by atoms with Crippen LogP contribution in [0.25, 0.3) is 0 Å². The Morgan fingerprint density at radius 3 is 2.41 bits per heavy atom. The third-order valence-corrected chi connectivity index (χ3v) is 5.53. The number of rotatable bonds is 5. The predicted octanol–water partition coefficient (Wildman–Crippen LogP) is 2.08. The maximum absolute atomic E-state index is 12.3. The molecule has 1 aliphatic rings. The Bertz CT molecular complexity index is 616. The van der Waals surface area contributed by atoms with Crippen molar-refractivity contribution in [1.29, 1.82) is 0 Å². The van der Waals surface area contributed by atoms with E-state index in [-0.39, 0.29) is 12.1 Å². The smallest absolute Gasteiger partial charge is 0.279 e. The summed E-state index contributed by atoms with van der Waals surface area (Å²) in [5.41, 5.74) is 0.838. The molecule has 0 radical (unpaired) electrons. The van der Waals surface area contributed by atoms with Crippen LogP contribution in [0.1, 0.15) is 38.8 Å². The van der Waals surface area contributed by atoms with Crippen molar-refractivity contribution in [2.45, 2.75) is 39.3 Å². The predicted molar refractivity (Wildman–Crippen MR) is 85.4 cm³/mol. The van der Waals surface area contributed by atoms with Crippen LogP contribution in [0.4, 0.5) is 0 Å². The second kappa shape index (κ2) is 6.85. The average molecular weight is 328 g/mol. The SMILES string of the molecule is CC(C)N(C)S(=O)(=O)N[C@@H](C)c1ccc2c(c1)OCCCO2. The van der Waals surface area contributed by atoms with E-state index in [0.717, 1.165) is 12.0 Å². The summed E-state index contributed by atoms with van der Waals surface area (Å²) in [4.78, 5) is 0. The molecule has 124 valence electrons. The lowest BCUT2D eigenvalue weighted by Crippen LogP contribution is -2.42. The molecule has 0 unspecified atom stereocenters. The van der Waals surface area contributed by atoms with E-state index >= 15 is 0 Å². The molecule has 0 amide bonds. The summed E-state index contributed by atoms with van der Waals surface area (Å²) in [5.74, 6) is 1.37. The van der Waals surface area contributed by atoms with Crippen molar-refractivity contribution < 1.29 is 17.9 Å². The van der Waals surface area contributed by atoms with Crippen LogP contribution in [0, 0.1) is 0 Å². The van der Waals surface area contributed by atoms with E-state index in [4.69, 9.17) is 9.47 Å². The maximum Gasteiger partial charge on any atom is 0.279 e. The van der Waals surface area contributed by atoms with E-state index in [1.165, 1.54) is 4.31 Å². The molecule has 1 N–H and O–H groups in total. The fourth-order valence-electron chi connectivity index (χ4n) is 2.10. The Labute approximate surface area is 132 Å².